The summed E-state index contributed by atoms with van der Waals surface area (Å²) >= 11 is 0. The SMILES string of the molecule is COC(OC)C(=O)C1=CC[C@H]2[C@@H]3CCC4=CC(=O)C=C[C@]4(C)[C@H]3[C@@H](O)C[C@]12C. The van der Waals surface area contributed by atoms with E-state index in [4.69, 9.17) is 9.47 Å². The molecule has 0 saturated heterocycles. The zero-order valence-corrected chi connectivity index (χ0v) is 17.1. The maximum absolute atomic E-state index is 13.0. The summed E-state index contributed by atoms with van der Waals surface area (Å²) in [5.74, 6) is 0.587. The normalized spacial score (nSPS) is 41.9. The van der Waals surface area contributed by atoms with Gasteiger partial charge in [0.25, 0.3) is 0 Å². The summed E-state index contributed by atoms with van der Waals surface area (Å²) in [6, 6.07) is 0. The fourth-order valence-electron chi connectivity index (χ4n) is 6.71. The van der Waals surface area contributed by atoms with Crippen LogP contribution in [-0.2, 0) is 19.1 Å². The molecule has 4 rings (SSSR count). The Bertz CT molecular complexity index is 789. The molecular weight excluding hydrogens is 356 g/mol. The second-order valence-corrected chi connectivity index (χ2v) is 9.23. The van der Waals surface area contributed by atoms with Crippen molar-refractivity contribution in [3.63, 3.8) is 0 Å². The number of Topliss-reactive ketones (excluding diaryl/α,β-unsaturated/α-hetero) is 1. The summed E-state index contributed by atoms with van der Waals surface area (Å²) in [7, 11) is 2.94. The van der Waals surface area contributed by atoms with Crippen LogP contribution >= 0.6 is 0 Å². The highest BCUT2D eigenvalue weighted by Gasteiger charge is 2.60. The van der Waals surface area contributed by atoms with Gasteiger partial charge in [-0.1, -0.05) is 31.6 Å². The summed E-state index contributed by atoms with van der Waals surface area (Å²) in [5.41, 5.74) is 1.22. The molecule has 0 radical (unpaired) electrons. The van der Waals surface area contributed by atoms with E-state index in [0.29, 0.717) is 18.3 Å². The lowest BCUT2D eigenvalue weighted by molar-refractivity contribution is -0.156. The van der Waals surface area contributed by atoms with E-state index in [2.05, 4.69) is 13.8 Å². The summed E-state index contributed by atoms with van der Waals surface area (Å²) in [6.07, 6.45) is 9.22. The van der Waals surface area contributed by atoms with Crippen LogP contribution in [0.2, 0.25) is 0 Å². The van der Waals surface area contributed by atoms with Gasteiger partial charge in [-0.3, -0.25) is 9.59 Å². The van der Waals surface area contributed by atoms with Crippen LogP contribution in [0, 0.1) is 28.6 Å². The number of ketones is 2. The zero-order valence-electron chi connectivity index (χ0n) is 17.1. The number of ether oxygens (including phenoxy) is 2. The van der Waals surface area contributed by atoms with Crippen molar-refractivity contribution in [2.45, 2.75) is 51.9 Å². The summed E-state index contributed by atoms with van der Waals surface area (Å²) < 4.78 is 10.4. The first-order valence-corrected chi connectivity index (χ1v) is 10.2. The Balaban J connectivity index is 1.67. The average molecular weight is 386 g/mol. The maximum Gasteiger partial charge on any atom is 0.221 e. The fourth-order valence-corrected chi connectivity index (χ4v) is 6.71. The van der Waals surface area contributed by atoms with Gasteiger partial charge in [0.15, 0.2) is 5.78 Å². The van der Waals surface area contributed by atoms with Gasteiger partial charge in [-0.05, 0) is 49.7 Å². The highest BCUT2D eigenvalue weighted by molar-refractivity contribution is 6.01. The van der Waals surface area contributed by atoms with Gasteiger partial charge in [-0.15, -0.1) is 0 Å². The first-order valence-electron chi connectivity index (χ1n) is 10.2. The minimum Gasteiger partial charge on any atom is -0.393 e. The molecule has 0 aromatic rings. The summed E-state index contributed by atoms with van der Waals surface area (Å²) in [6.45, 7) is 4.27. The van der Waals surface area contributed by atoms with E-state index in [1.54, 1.807) is 12.2 Å². The summed E-state index contributed by atoms with van der Waals surface area (Å²) in [4.78, 5) is 24.9. The van der Waals surface area contributed by atoms with Gasteiger partial charge in [-0.25, -0.2) is 0 Å². The molecule has 0 aliphatic heterocycles. The molecule has 0 bridgehead atoms. The number of aliphatic hydroxyl groups excluding tert-OH is 1. The molecule has 0 unspecified atom stereocenters. The number of carbonyl (C=O) groups is 2. The number of fused-ring (bicyclic) bond motifs is 5. The Hall–Kier alpha value is -1.56. The molecule has 2 fully saturated rings. The molecule has 5 nitrogen and oxygen atoms in total. The van der Waals surface area contributed by atoms with Crippen molar-refractivity contribution >= 4 is 11.6 Å². The Kier molecular flexibility index (Phi) is 4.76. The molecule has 0 heterocycles. The van der Waals surface area contributed by atoms with Crippen LogP contribution in [0.25, 0.3) is 0 Å². The Morgan fingerprint density at radius 1 is 1.29 bits per heavy atom. The van der Waals surface area contributed by atoms with E-state index in [9.17, 15) is 14.7 Å². The van der Waals surface area contributed by atoms with Crippen molar-refractivity contribution in [2.75, 3.05) is 14.2 Å². The monoisotopic (exact) mass is 386 g/mol. The summed E-state index contributed by atoms with van der Waals surface area (Å²) in [5, 5.41) is 11.3. The first-order chi connectivity index (χ1) is 13.3. The van der Waals surface area contributed by atoms with Gasteiger partial charge in [0.2, 0.25) is 12.1 Å². The van der Waals surface area contributed by atoms with Crippen molar-refractivity contribution in [3.05, 3.63) is 35.5 Å². The van der Waals surface area contributed by atoms with Crippen LogP contribution in [0.5, 0.6) is 0 Å². The molecule has 0 aromatic carbocycles. The molecule has 28 heavy (non-hydrogen) atoms. The second kappa shape index (κ2) is 6.75. The number of aliphatic hydroxyl groups is 1. The quantitative estimate of drug-likeness (QED) is 0.752. The second-order valence-electron chi connectivity index (χ2n) is 9.23. The van der Waals surface area contributed by atoms with E-state index in [1.807, 2.05) is 12.2 Å². The zero-order chi connectivity index (χ0) is 20.3. The van der Waals surface area contributed by atoms with E-state index in [-0.39, 0.29) is 28.3 Å². The number of allylic oxidation sites excluding steroid dienone is 5. The van der Waals surface area contributed by atoms with Crippen molar-refractivity contribution in [2.24, 2.45) is 28.6 Å². The largest absolute Gasteiger partial charge is 0.393 e. The Labute approximate surface area is 166 Å². The van der Waals surface area contributed by atoms with Crippen LogP contribution in [0.4, 0.5) is 0 Å². The lowest BCUT2D eigenvalue weighted by Crippen LogP contribution is -2.56. The lowest BCUT2D eigenvalue weighted by Gasteiger charge is -2.58. The van der Waals surface area contributed by atoms with Gasteiger partial charge in [0.1, 0.15) is 0 Å². The smallest absolute Gasteiger partial charge is 0.221 e. The standard InChI is InChI=1S/C23H30O5/c1-22-10-9-14(24)11-13(22)5-6-15-16-7-8-17(20(26)21(27-3)28-4)23(16,2)12-18(25)19(15)22/h8-11,15-16,18-19,21,25H,5-7,12H2,1-4H3/t15-,16-,18-,19+,22-,23-/m0/s1. The third kappa shape index (κ3) is 2.63. The molecular formula is C23H30O5. The predicted octanol–water partition coefficient (Wildman–Crippen LogP) is 2.99. The molecule has 6 atom stereocenters. The van der Waals surface area contributed by atoms with Gasteiger partial charge < -0.3 is 14.6 Å². The van der Waals surface area contributed by atoms with Crippen LogP contribution in [0.1, 0.15) is 39.5 Å². The van der Waals surface area contributed by atoms with Crippen molar-refractivity contribution in [1.82, 2.24) is 0 Å². The van der Waals surface area contributed by atoms with Crippen molar-refractivity contribution < 1.29 is 24.2 Å². The lowest BCUT2D eigenvalue weighted by atomic mass is 9.47. The average Bonchev–Trinajstić information content (AvgIpc) is 2.99. The van der Waals surface area contributed by atoms with E-state index < -0.39 is 12.4 Å². The minimum absolute atomic E-state index is 0.0432. The van der Waals surface area contributed by atoms with E-state index in [0.717, 1.165) is 30.4 Å². The Morgan fingerprint density at radius 2 is 2.00 bits per heavy atom. The van der Waals surface area contributed by atoms with Crippen LogP contribution < -0.4 is 0 Å². The minimum atomic E-state index is -0.901. The maximum atomic E-state index is 13.0. The van der Waals surface area contributed by atoms with Gasteiger partial charge in [0, 0.05) is 36.5 Å². The topological polar surface area (TPSA) is 72.8 Å². The first kappa shape index (κ1) is 19.7. The third-order valence-corrected chi connectivity index (χ3v) is 7.98. The number of carbonyl (C=O) groups excluding carboxylic acids is 2. The Morgan fingerprint density at radius 3 is 2.68 bits per heavy atom. The predicted molar refractivity (Wildman–Crippen MR) is 104 cm³/mol. The highest BCUT2D eigenvalue weighted by atomic mass is 16.7. The third-order valence-electron chi connectivity index (χ3n) is 7.98. The highest BCUT2D eigenvalue weighted by Crippen LogP contribution is 2.64. The van der Waals surface area contributed by atoms with E-state index >= 15 is 0 Å². The molecule has 152 valence electrons. The fraction of sp³-hybridized carbons (Fsp3) is 0.652. The molecule has 0 spiro atoms. The van der Waals surface area contributed by atoms with Gasteiger partial charge >= 0.3 is 0 Å². The molecule has 1 N–H and O–H groups in total. The molecule has 0 aromatic heterocycles. The van der Waals surface area contributed by atoms with E-state index in [1.165, 1.54) is 14.2 Å². The number of hydrogen-bond donors (Lipinski definition) is 1. The molecule has 2 saturated carbocycles. The van der Waals surface area contributed by atoms with Crippen molar-refractivity contribution in [3.8, 4) is 0 Å². The van der Waals surface area contributed by atoms with Crippen LogP contribution in [0.3, 0.4) is 0 Å². The molecule has 4 aliphatic rings. The number of methoxy groups -OCH3 is 2. The molecule has 0 amide bonds. The van der Waals surface area contributed by atoms with Crippen molar-refractivity contribution in [1.29, 1.82) is 0 Å². The molecule has 4 aliphatic carbocycles. The molecule has 5 heteroatoms. The number of hydrogen-bond acceptors (Lipinski definition) is 5. The van der Waals surface area contributed by atoms with Gasteiger partial charge in [0.05, 0.1) is 6.10 Å². The number of rotatable bonds is 4. The van der Waals surface area contributed by atoms with Crippen LogP contribution in [0.15, 0.2) is 35.5 Å². The van der Waals surface area contributed by atoms with Crippen LogP contribution in [-0.4, -0.2) is 43.3 Å². The van der Waals surface area contributed by atoms with Gasteiger partial charge in [-0.2, -0.15) is 0 Å².